The number of carboxylic acids is 1. The first-order chi connectivity index (χ1) is 41.9. The van der Waals surface area contributed by atoms with E-state index >= 15 is 0 Å². The highest BCUT2D eigenvalue weighted by Gasteiger charge is 2.60. The number of carbonyl (C=O) groups is 3. The third-order valence-electron chi connectivity index (χ3n) is 17.2. The molecule has 3 aliphatic heterocycles. The molecule has 2 amide bonds. The van der Waals surface area contributed by atoms with Crippen LogP contribution < -0.4 is 10.6 Å². The second kappa shape index (κ2) is 45.7. The number of carbonyl (C=O) groups excluding carboxylic acids is 2. The van der Waals surface area contributed by atoms with E-state index in [0.717, 1.165) is 51.9 Å². The van der Waals surface area contributed by atoms with Gasteiger partial charge in [-0.2, -0.15) is 0 Å². The molecule has 18 atom stereocenters. The van der Waals surface area contributed by atoms with E-state index in [0.29, 0.717) is 12.8 Å². The summed E-state index contributed by atoms with van der Waals surface area (Å²) in [5.74, 6) is -6.14. The molecule has 3 aliphatic rings. The Labute approximate surface area is 518 Å². The maximum absolute atomic E-state index is 13.4. The summed E-state index contributed by atoms with van der Waals surface area (Å²) in [6, 6.07) is -2.61. The van der Waals surface area contributed by atoms with Gasteiger partial charge in [0.25, 0.3) is 5.79 Å². The zero-order chi connectivity index (χ0) is 64.0. The van der Waals surface area contributed by atoms with Crippen molar-refractivity contribution in [3.63, 3.8) is 0 Å². The third kappa shape index (κ3) is 28.9. The molecule has 0 aromatic rings. The van der Waals surface area contributed by atoms with E-state index in [1.54, 1.807) is 6.08 Å². The SMILES string of the molecule is CCCCCCCCCCCCCCC/C=C/C(O)C(COC1OC(CO)C(OC2OC(CO)C(O)C(OC3(C(=O)O)CC(O)C(NC(C)=O)C(C(O)C(O)CO)O3)C2O)C(O)C1O)NC(=O)CCCCCCCCCCCCCCCCCCCC. The Hall–Kier alpha value is -2.53. The normalized spacial score (nSPS) is 29.2. The van der Waals surface area contributed by atoms with E-state index in [-0.39, 0.29) is 12.3 Å². The van der Waals surface area contributed by atoms with Crippen molar-refractivity contribution in [1.82, 2.24) is 10.6 Å². The Morgan fingerprint density at radius 1 is 0.598 bits per heavy atom. The van der Waals surface area contributed by atoms with Gasteiger partial charge in [-0.3, -0.25) is 9.59 Å². The molecular formula is C64H118N2O21. The van der Waals surface area contributed by atoms with Gasteiger partial charge in [0.1, 0.15) is 67.1 Å². The summed E-state index contributed by atoms with van der Waals surface area (Å²) in [6.07, 6.45) is 12.6. The van der Waals surface area contributed by atoms with Crippen LogP contribution in [-0.4, -0.2) is 215 Å². The monoisotopic (exact) mass is 1250 g/mol. The Balaban J connectivity index is 1.62. The molecule has 0 spiro atoms. The summed E-state index contributed by atoms with van der Waals surface area (Å²) in [7, 11) is 0. The van der Waals surface area contributed by atoms with E-state index in [1.807, 2.05) is 6.08 Å². The van der Waals surface area contributed by atoms with Crippen LogP contribution in [0.3, 0.4) is 0 Å². The molecule has 3 heterocycles. The molecule has 14 N–H and O–H groups in total. The molecule has 0 aromatic carbocycles. The molecule has 0 radical (unpaired) electrons. The average Bonchev–Trinajstić information content (AvgIpc) is 1.21. The van der Waals surface area contributed by atoms with Crippen molar-refractivity contribution >= 4 is 17.8 Å². The number of hydrogen-bond acceptors (Lipinski definition) is 20. The Bertz CT molecular complexity index is 1820. The quantitative estimate of drug-likeness (QED) is 0.0278. The molecule has 3 fully saturated rings. The van der Waals surface area contributed by atoms with Crippen LogP contribution in [0.25, 0.3) is 0 Å². The first kappa shape index (κ1) is 78.7. The number of nitrogens with one attached hydrogen (secondary N) is 2. The number of ether oxygens (including phenoxy) is 6. The number of allylic oxidation sites excluding steroid dienone is 1. The number of hydrogen-bond donors (Lipinski definition) is 14. The summed E-state index contributed by atoms with van der Waals surface area (Å²) in [6.45, 7) is 2.14. The molecule has 0 saturated carbocycles. The zero-order valence-electron chi connectivity index (χ0n) is 52.9. The summed E-state index contributed by atoms with van der Waals surface area (Å²) >= 11 is 0. The lowest BCUT2D eigenvalue weighted by molar-refractivity contribution is -0.386. The molecule has 3 rings (SSSR count). The van der Waals surface area contributed by atoms with Crippen LogP contribution in [-0.2, 0) is 42.8 Å². The van der Waals surface area contributed by atoms with Gasteiger partial charge < -0.3 is 100 Å². The molecule has 0 aromatic heterocycles. The van der Waals surface area contributed by atoms with Gasteiger partial charge >= 0.3 is 5.97 Å². The highest BCUT2D eigenvalue weighted by Crippen LogP contribution is 2.39. The molecule has 0 bridgehead atoms. The van der Waals surface area contributed by atoms with Crippen LogP contribution in [0.15, 0.2) is 12.2 Å². The smallest absolute Gasteiger partial charge is 0.364 e. The van der Waals surface area contributed by atoms with E-state index in [2.05, 4.69) is 24.5 Å². The topological polar surface area (TPSA) is 373 Å². The molecule has 23 heteroatoms. The van der Waals surface area contributed by atoms with Gasteiger partial charge in [-0.15, -0.1) is 0 Å². The van der Waals surface area contributed by atoms with Crippen molar-refractivity contribution in [2.24, 2.45) is 0 Å². The number of carboxylic acid groups (broad SMARTS) is 1. The van der Waals surface area contributed by atoms with Crippen molar-refractivity contribution in [2.75, 3.05) is 26.4 Å². The molecule has 18 unspecified atom stereocenters. The Morgan fingerprint density at radius 2 is 1.07 bits per heavy atom. The van der Waals surface area contributed by atoms with Gasteiger partial charge in [-0.1, -0.05) is 212 Å². The van der Waals surface area contributed by atoms with Crippen molar-refractivity contribution in [2.45, 2.75) is 349 Å². The average molecular weight is 1250 g/mol. The lowest BCUT2D eigenvalue weighted by Crippen LogP contribution is -2.70. The van der Waals surface area contributed by atoms with Crippen LogP contribution >= 0.6 is 0 Å². The highest BCUT2D eigenvalue weighted by molar-refractivity contribution is 5.77. The van der Waals surface area contributed by atoms with Gasteiger partial charge in [0.2, 0.25) is 11.8 Å². The van der Waals surface area contributed by atoms with Gasteiger partial charge in [0.15, 0.2) is 12.6 Å². The molecule has 87 heavy (non-hydrogen) atoms. The molecular weight excluding hydrogens is 1130 g/mol. The van der Waals surface area contributed by atoms with Crippen molar-refractivity contribution in [3.05, 3.63) is 12.2 Å². The Kier molecular flexibility index (Phi) is 41.3. The Morgan fingerprint density at radius 3 is 1.53 bits per heavy atom. The first-order valence-electron chi connectivity index (χ1n) is 33.6. The minimum atomic E-state index is -3.08. The van der Waals surface area contributed by atoms with Crippen molar-refractivity contribution in [3.8, 4) is 0 Å². The van der Waals surface area contributed by atoms with Gasteiger partial charge in [-0.05, 0) is 19.3 Å². The minimum absolute atomic E-state index is 0.205. The first-order valence-corrected chi connectivity index (χ1v) is 33.6. The van der Waals surface area contributed by atoms with Crippen LogP contribution in [0, 0.1) is 0 Å². The standard InChI is InChI=1S/C64H118N2O21/c1-4-6-8-10-12-14-16-18-20-21-22-24-26-28-30-32-34-36-38-51(74)66-45(46(71)37-35-33-31-29-27-25-23-19-17-15-13-11-9-7-5-2)43-82-61-56(78)55(77)58(50(42-69)84-61)85-62-57(79)60(54(76)49(41-68)83-62)87-64(63(80)81)39-47(72)52(65-44(3)70)59(86-64)53(75)48(73)40-67/h35,37,45-50,52-62,67-69,71-73,75-79H,4-34,36,38-43H2,1-3H3,(H,65,70)(H,66,74)(H,80,81)/b37-35+. The third-order valence-corrected chi connectivity index (χ3v) is 17.2. The van der Waals surface area contributed by atoms with E-state index < -0.39 is 155 Å². The second-order valence-corrected chi connectivity index (χ2v) is 24.7. The number of unbranched alkanes of at least 4 members (excludes halogenated alkanes) is 30. The summed E-state index contributed by atoms with van der Waals surface area (Å²) < 4.78 is 34.8. The molecule has 510 valence electrons. The van der Waals surface area contributed by atoms with Crippen molar-refractivity contribution < 1.29 is 104 Å². The minimum Gasteiger partial charge on any atom is -0.477 e. The predicted molar refractivity (Wildman–Crippen MR) is 325 cm³/mol. The number of aliphatic hydroxyl groups is 11. The maximum Gasteiger partial charge on any atom is 0.364 e. The fourth-order valence-electron chi connectivity index (χ4n) is 11.8. The van der Waals surface area contributed by atoms with Gasteiger partial charge in [-0.25, -0.2) is 4.79 Å². The summed E-state index contributed by atoms with van der Waals surface area (Å²) in [5.41, 5.74) is 0. The maximum atomic E-state index is 13.4. The highest BCUT2D eigenvalue weighted by atomic mass is 16.8. The zero-order valence-corrected chi connectivity index (χ0v) is 52.9. The van der Waals surface area contributed by atoms with Crippen molar-refractivity contribution in [1.29, 1.82) is 0 Å². The fraction of sp³-hybridized carbons (Fsp3) is 0.922. The van der Waals surface area contributed by atoms with Gasteiger partial charge in [0, 0.05) is 19.8 Å². The molecule has 23 nitrogen and oxygen atoms in total. The van der Waals surface area contributed by atoms with Crippen LogP contribution in [0.4, 0.5) is 0 Å². The summed E-state index contributed by atoms with van der Waals surface area (Å²) in [4.78, 5) is 38.5. The summed E-state index contributed by atoms with van der Waals surface area (Å²) in [5, 5.41) is 136. The fourth-order valence-corrected chi connectivity index (χ4v) is 11.8. The largest absolute Gasteiger partial charge is 0.477 e. The van der Waals surface area contributed by atoms with E-state index in [4.69, 9.17) is 28.4 Å². The molecule has 0 aliphatic carbocycles. The second-order valence-electron chi connectivity index (χ2n) is 24.7. The van der Waals surface area contributed by atoms with Crippen LogP contribution in [0.1, 0.15) is 239 Å². The molecule has 3 saturated heterocycles. The van der Waals surface area contributed by atoms with Crippen LogP contribution in [0.2, 0.25) is 0 Å². The van der Waals surface area contributed by atoms with E-state index in [9.17, 15) is 75.7 Å². The number of rotatable bonds is 50. The number of amides is 2. The number of aliphatic carboxylic acids is 1. The predicted octanol–water partition coefficient (Wildman–Crippen LogP) is 5.12. The van der Waals surface area contributed by atoms with Gasteiger partial charge in [0.05, 0.1) is 50.7 Å². The lowest BCUT2D eigenvalue weighted by Gasteiger charge is -2.50. The lowest BCUT2D eigenvalue weighted by atomic mass is 9.88. The number of aliphatic hydroxyl groups excluding tert-OH is 11. The van der Waals surface area contributed by atoms with E-state index in [1.165, 1.54) is 148 Å². The van der Waals surface area contributed by atoms with Crippen LogP contribution in [0.5, 0.6) is 0 Å².